The van der Waals surface area contributed by atoms with Crippen molar-refractivity contribution < 1.29 is 0 Å². The maximum Gasteiger partial charge on any atom is 0.0457 e. The van der Waals surface area contributed by atoms with Crippen molar-refractivity contribution in [1.82, 2.24) is 4.57 Å². The van der Waals surface area contributed by atoms with E-state index in [1.165, 1.54) is 22.6 Å². The molecule has 78 valence electrons. The molecule has 0 saturated heterocycles. The van der Waals surface area contributed by atoms with E-state index in [0.29, 0.717) is 0 Å². The highest BCUT2D eigenvalue weighted by Gasteiger charge is 2.03. The third kappa shape index (κ3) is 1.82. The predicted molar refractivity (Wildman–Crippen MR) is 64.6 cm³/mol. The number of hydrogen-bond acceptors (Lipinski definition) is 0. The summed E-state index contributed by atoms with van der Waals surface area (Å²) < 4.78 is 2.29. The van der Waals surface area contributed by atoms with Gasteiger partial charge in [-0.15, -0.1) is 0 Å². The molecule has 0 atom stereocenters. The Hall–Kier alpha value is -1.50. The number of rotatable bonds is 2. The summed E-state index contributed by atoms with van der Waals surface area (Å²) in [5.41, 5.74) is 5.25. The van der Waals surface area contributed by atoms with Crippen molar-refractivity contribution in [3.05, 3.63) is 53.3 Å². The van der Waals surface area contributed by atoms with Crippen molar-refractivity contribution in [2.24, 2.45) is 0 Å². The standard InChI is InChI=1S/C14H17N/c1-4-13-6-5-7-14(10-13)15-11(2)8-9-12(15)3/h5-10H,4H2,1-3H3. The Labute approximate surface area is 91.4 Å². The van der Waals surface area contributed by atoms with Crippen molar-refractivity contribution in [2.45, 2.75) is 27.2 Å². The van der Waals surface area contributed by atoms with E-state index in [0.717, 1.165) is 6.42 Å². The first kappa shape index (κ1) is 10.0. The van der Waals surface area contributed by atoms with Crippen LogP contribution in [0.1, 0.15) is 23.9 Å². The second-order valence-corrected chi connectivity index (χ2v) is 3.97. The molecule has 0 fully saturated rings. The summed E-state index contributed by atoms with van der Waals surface area (Å²) in [7, 11) is 0. The molecule has 0 bridgehead atoms. The maximum atomic E-state index is 2.29. The molecule has 1 aromatic carbocycles. The monoisotopic (exact) mass is 199 g/mol. The molecule has 0 aliphatic rings. The average molecular weight is 199 g/mol. The first-order valence-electron chi connectivity index (χ1n) is 5.46. The molecule has 0 saturated carbocycles. The molecule has 0 aliphatic carbocycles. The van der Waals surface area contributed by atoms with Gasteiger partial charge in [0.05, 0.1) is 0 Å². The van der Waals surface area contributed by atoms with Crippen LogP contribution in [0.25, 0.3) is 5.69 Å². The smallest absolute Gasteiger partial charge is 0.0457 e. The van der Waals surface area contributed by atoms with Gasteiger partial charge in [-0.1, -0.05) is 19.1 Å². The van der Waals surface area contributed by atoms with E-state index in [9.17, 15) is 0 Å². The van der Waals surface area contributed by atoms with Crippen LogP contribution < -0.4 is 0 Å². The van der Waals surface area contributed by atoms with E-state index in [-0.39, 0.29) is 0 Å². The molecular formula is C14H17N. The van der Waals surface area contributed by atoms with Crippen LogP contribution in [0, 0.1) is 13.8 Å². The van der Waals surface area contributed by atoms with E-state index in [2.05, 4.69) is 61.7 Å². The van der Waals surface area contributed by atoms with Crippen LogP contribution in [-0.4, -0.2) is 4.57 Å². The molecule has 0 N–H and O–H groups in total. The fourth-order valence-electron chi connectivity index (χ4n) is 1.99. The van der Waals surface area contributed by atoms with Gasteiger partial charge in [0.15, 0.2) is 0 Å². The Balaban J connectivity index is 2.53. The molecule has 2 rings (SSSR count). The Morgan fingerprint density at radius 2 is 1.67 bits per heavy atom. The second-order valence-electron chi connectivity index (χ2n) is 3.97. The SMILES string of the molecule is CCc1cccc(-n2c(C)ccc2C)c1. The summed E-state index contributed by atoms with van der Waals surface area (Å²) in [5, 5.41) is 0. The van der Waals surface area contributed by atoms with Gasteiger partial charge < -0.3 is 4.57 Å². The van der Waals surface area contributed by atoms with Gasteiger partial charge in [-0.3, -0.25) is 0 Å². The average Bonchev–Trinajstić information content (AvgIpc) is 2.59. The molecule has 0 amide bonds. The van der Waals surface area contributed by atoms with Crippen molar-refractivity contribution in [2.75, 3.05) is 0 Å². The van der Waals surface area contributed by atoms with Crippen LogP contribution in [0.4, 0.5) is 0 Å². The van der Waals surface area contributed by atoms with E-state index in [1.54, 1.807) is 0 Å². The van der Waals surface area contributed by atoms with Crippen LogP contribution in [-0.2, 0) is 6.42 Å². The summed E-state index contributed by atoms with van der Waals surface area (Å²) in [6.45, 7) is 6.48. The second kappa shape index (κ2) is 3.93. The van der Waals surface area contributed by atoms with Gasteiger partial charge in [0.25, 0.3) is 0 Å². The largest absolute Gasteiger partial charge is 0.319 e. The first-order valence-corrected chi connectivity index (χ1v) is 5.46. The minimum absolute atomic E-state index is 1.09. The van der Waals surface area contributed by atoms with Crippen molar-refractivity contribution in [3.8, 4) is 5.69 Å². The number of nitrogens with zero attached hydrogens (tertiary/aromatic N) is 1. The lowest BCUT2D eigenvalue weighted by Crippen LogP contribution is -1.99. The van der Waals surface area contributed by atoms with E-state index in [1.807, 2.05) is 0 Å². The summed E-state index contributed by atoms with van der Waals surface area (Å²) >= 11 is 0. The summed E-state index contributed by atoms with van der Waals surface area (Å²) in [4.78, 5) is 0. The molecule has 0 unspecified atom stereocenters. The number of hydrogen-bond donors (Lipinski definition) is 0. The van der Waals surface area contributed by atoms with Gasteiger partial charge in [-0.05, 0) is 50.1 Å². The molecule has 0 radical (unpaired) electrons. The highest BCUT2D eigenvalue weighted by molar-refractivity contribution is 5.40. The molecular weight excluding hydrogens is 182 g/mol. The van der Waals surface area contributed by atoms with Gasteiger partial charge in [-0.25, -0.2) is 0 Å². The highest BCUT2D eigenvalue weighted by atomic mass is 15.0. The zero-order valence-electron chi connectivity index (χ0n) is 9.62. The first-order chi connectivity index (χ1) is 7.22. The van der Waals surface area contributed by atoms with Crippen molar-refractivity contribution in [3.63, 3.8) is 0 Å². The molecule has 15 heavy (non-hydrogen) atoms. The summed E-state index contributed by atoms with van der Waals surface area (Å²) in [6.07, 6.45) is 1.09. The zero-order valence-corrected chi connectivity index (χ0v) is 9.62. The maximum absolute atomic E-state index is 2.29. The Bertz CT molecular complexity index is 446. The lowest BCUT2D eigenvalue weighted by atomic mass is 10.1. The highest BCUT2D eigenvalue weighted by Crippen LogP contribution is 2.17. The normalized spacial score (nSPS) is 10.6. The molecule has 1 nitrogen and oxygen atoms in total. The van der Waals surface area contributed by atoms with Gasteiger partial charge in [0.2, 0.25) is 0 Å². The van der Waals surface area contributed by atoms with E-state index in [4.69, 9.17) is 0 Å². The molecule has 2 aromatic rings. The van der Waals surface area contributed by atoms with Gasteiger partial charge in [-0.2, -0.15) is 0 Å². The van der Waals surface area contributed by atoms with E-state index < -0.39 is 0 Å². The van der Waals surface area contributed by atoms with Crippen LogP contribution in [0.3, 0.4) is 0 Å². The number of aromatic nitrogens is 1. The van der Waals surface area contributed by atoms with Crippen LogP contribution >= 0.6 is 0 Å². The fraction of sp³-hybridized carbons (Fsp3) is 0.286. The van der Waals surface area contributed by atoms with Crippen molar-refractivity contribution >= 4 is 0 Å². The van der Waals surface area contributed by atoms with Crippen LogP contribution in [0.15, 0.2) is 36.4 Å². The Morgan fingerprint density at radius 3 is 2.27 bits per heavy atom. The molecule has 0 aliphatic heterocycles. The third-order valence-electron chi connectivity index (χ3n) is 2.85. The van der Waals surface area contributed by atoms with Gasteiger partial charge in [0.1, 0.15) is 0 Å². The Kier molecular flexibility index (Phi) is 2.63. The van der Waals surface area contributed by atoms with Gasteiger partial charge in [0, 0.05) is 17.1 Å². The fourth-order valence-corrected chi connectivity index (χ4v) is 1.99. The number of aryl methyl sites for hydroxylation is 3. The van der Waals surface area contributed by atoms with E-state index >= 15 is 0 Å². The van der Waals surface area contributed by atoms with Crippen LogP contribution in [0.2, 0.25) is 0 Å². The number of benzene rings is 1. The molecule has 0 spiro atoms. The molecule has 1 aromatic heterocycles. The lowest BCUT2D eigenvalue weighted by Gasteiger charge is -2.10. The van der Waals surface area contributed by atoms with Crippen LogP contribution in [0.5, 0.6) is 0 Å². The summed E-state index contributed by atoms with van der Waals surface area (Å²) in [5.74, 6) is 0. The minimum atomic E-state index is 1.09. The molecule has 1 heteroatoms. The third-order valence-corrected chi connectivity index (χ3v) is 2.85. The van der Waals surface area contributed by atoms with Gasteiger partial charge >= 0.3 is 0 Å². The predicted octanol–water partition coefficient (Wildman–Crippen LogP) is 3.66. The summed E-state index contributed by atoms with van der Waals surface area (Å²) in [6, 6.07) is 13.1. The van der Waals surface area contributed by atoms with Crippen molar-refractivity contribution in [1.29, 1.82) is 0 Å². The molecule has 1 heterocycles. The minimum Gasteiger partial charge on any atom is -0.319 e. The Morgan fingerprint density at radius 1 is 1.00 bits per heavy atom. The lowest BCUT2D eigenvalue weighted by molar-refractivity contribution is 0.959. The zero-order chi connectivity index (χ0) is 10.8. The topological polar surface area (TPSA) is 4.93 Å². The quantitative estimate of drug-likeness (QED) is 0.695.